The fourth-order valence-electron chi connectivity index (χ4n) is 1.71. The number of benzene rings is 1. The van der Waals surface area contributed by atoms with E-state index in [1.807, 2.05) is 35.0 Å². The van der Waals surface area contributed by atoms with E-state index in [-0.39, 0.29) is 11.7 Å². The molecule has 1 aromatic carbocycles. The van der Waals surface area contributed by atoms with Gasteiger partial charge in [0.2, 0.25) is 0 Å². The third kappa shape index (κ3) is 4.79. The van der Waals surface area contributed by atoms with E-state index in [0.29, 0.717) is 11.6 Å². The lowest BCUT2D eigenvalue weighted by Crippen LogP contribution is -2.09. The maximum absolute atomic E-state index is 11.6. The van der Waals surface area contributed by atoms with Crippen molar-refractivity contribution in [1.82, 2.24) is 9.55 Å². The SMILES string of the molecule is CCCCOC(=O)CSc1nccn1-c1cccc(Cl)c1. The maximum Gasteiger partial charge on any atom is 0.316 e. The van der Waals surface area contributed by atoms with Gasteiger partial charge in [0.05, 0.1) is 12.4 Å². The number of rotatable bonds is 7. The second-order valence-corrected chi connectivity index (χ2v) is 5.80. The molecule has 0 spiro atoms. The Bertz CT molecular complexity index is 601. The number of ether oxygens (including phenoxy) is 1. The molecule has 0 bridgehead atoms. The number of unbranched alkanes of at least 4 members (excludes halogenated alkanes) is 1. The number of carbonyl (C=O) groups is 1. The minimum Gasteiger partial charge on any atom is -0.465 e. The third-order valence-electron chi connectivity index (χ3n) is 2.77. The largest absolute Gasteiger partial charge is 0.465 e. The molecule has 0 aliphatic rings. The van der Waals surface area contributed by atoms with Gasteiger partial charge in [0, 0.05) is 23.1 Å². The van der Waals surface area contributed by atoms with E-state index in [4.69, 9.17) is 16.3 Å². The first kappa shape index (κ1) is 15.9. The van der Waals surface area contributed by atoms with Gasteiger partial charge >= 0.3 is 5.97 Å². The number of hydrogen-bond acceptors (Lipinski definition) is 4. The zero-order valence-electron chi connectivity index (χ0n) is 11.8. The van der Waals surface area contributed by atoms with Crippen LogP contribution in [0.15, 0.2) is 41.8 Å². The molecular formula is C15H17ClN2O2S. The summed E-state index contributed by atoms with van der Waals surface area (Å²) in [4.78, 5) is 15.9. The highest BCUT2D eigenvalue weighted by atomic mass is 35.5. The number of carbonyl (C=O) groups excluding carboxylic acids is 1. The Kier molecular flexibility index (Phi) is 6.14. The van der Waals surface area contributed by atoms with E-state index in [1.54, 1.807) is 6.20 Å². The Morgan fingerprint density at radius 2 is 2.33 bits per heavy atom. The van der Waals surface area contributed by atoms with Gasteiger partial charge in [0.15, 0.2) is 5.16 Å². The molecule has 0 amide bonds. The predicted octanol–water partition coefficient (Wildman–Crippen LogP) is 3.96. The van der Waals surface area contributed by atoms with Gasteiger partial charge in [-0.2, -0.15) is 0 Å². The van der Waals surface area contributed by atoms with Gasteiger partial charge in [0.25, 0.3) is 0 Å². The molecule has 0 saturated heterocycles. The van der Waals surface area contributed by atoms with Crippen molar-refractivity contribution in [3.8, 4) is 5.69 Å². The summed E-state index contributed by atoms with van der Waals surface area (Å²) in [5.41, 5.74) is 0.918. The van der Waals surface area contributed by atoms with Crippen molar-refractivity contribution >= 4 is 29.3 Å². The molecule has 6 heteroatoms. The smallest absolute Gasteiger partial charge is 0.316 e. The number of halogens is 1. The highest BCUT2D eigenvalue weighted by molar-refractivity contribution is 7.99. The number of hydrogen-bond donors (Lipinski definition) is 0. The van der Waals surface area contributed by atoms with Crippen LogP contribution in [0.5, 0.6) is 0 Å². The van der Waals surface area contributed by atoms with Gasteiger partial charge in [-0.15, -0.1) is 0 Å². The summed E-state index contributed by atoms with van der Waals surface area (Å²) in [5, 5.41) is 1.40. The molecule has 2 rings (SSSR count). The molecule has 2 aromatic rings. The topological polar surface area (TPSA) is 44.1 Å². The van der Waals surface area contributed by atoms with Crippen LogP contribution >= 0.6 is 23.4 Å². The Labute approximate surface area is 133 Å². The van der Waals surface area contributed by atoms with E-state index in [9.17, 15) is 4.79 Å². The van der Waals surface area contributed by atoms with Crippen LogP contribution in [0.1, 0.15) is 19.8 Å². The van der Waals surface area contributed by atoms with Crippen LogP contribution in [0, 0.1) is 0 Å². The monoisotopic (exact) mass is 324 g/mol. The summed E-state index contributed by atoms with van der Waals surface area (Å²) in [6.07, 6.45) is 5.45. The highest BCUT2D eigenvalue weighted by Gasteiger charge is 2.10. The number of nitrogens with zero attached hydrogens (tertiary/aromatic N) is 2. The Balaban J connectivity index is 1.96. The molecule has 0 unspecified atom stereocenters. The van der Waals surface area contributed by atoms with Crippen molar-refractivity contribution in [2.24, 2.45) is 0 Å². The van der Waals surface area contributed by atoms with E-state index < -0.39 is 0 Å². The molecule has 0 aliphatic carbocycles. The molecule has 1 aromatic heterocycles. The molecule has 112 valence electrons. The molecule has 4 nitrogen and oxygen atoms in total. The molecule has 0 atom stereocenters. The summed E-state index contributed by atoms with van der Waals surface area (Å²) in [6, 6.07) is 7.50. The van der Waals surface area contributed by atoms with Crippen molar-refractivity contribution in [2.45, 2.75) is 24.9 Å². The predicted molar refractivity (Wildman–Crippen MR) is 85.2 cm³/mol. The fourth-order valence-corrected chi connectivity index (χ4v) is 2.67. The van der Waals surface area contributed by atoms with Gasteiger partial charge in [-0.3, -0.25) is 9.36 Å². The molecule has 0 fully saturated rings. The minimum atomic E-state index is -0.214. The summed E-state index contributed by atoms with van der Waals surface area (Å²) in [7, 11) is 0. The molecule has 0 radical (unpaired) electrons. The van der Waals surface area contributed by atoms with Gasteiger partial charge in [-0.1, -0.05) is 42.8 Å². The average Bonchev–Trinajstić information content (AvgIpc) is 2.94. The third-order valence-corrected chi connectivity index (χ3v) is 3.95. The molecule has 0 saturated carbocycles. The minimum absolute atomic E-state index is 0.214. The van der Waals surface area contributed by atoms with Crippen LogP contribution in [0.4, 0.5) is 0 Å². The van der Waals surface area contributed by atoms with Crippen LogP contribution in [0.3, 0.4) is 0 Å². The van der Waals surface area contributed by atoms with E-state index in [0.717, 1.165) is 23.7 Å². The molecule has 0 aliphatic heterocycles. The first-order valence-corrected chi connectivity index (χ1v) is 8.14. The van der Waals surface area contributed by atoms with Gasteiger partial charge < -0.3 is 4.74 Å². The number of imidazole rings is 1. The van der Waals surface area contributed by atoms with Crippen molar-refractivity contribution in [3.63, 3.8) is 0 Å². The standard InChI is InChI=1S/C15H17ClN2O2S/c1-2-3-9-20-14(19)11-21-15-17-7-8-18(15)13-6-4-5-12(16)10-13/h4-8,10H,2-3,9,11H2,1H3. The summed E-state index contributed by atoms with van der Waals surface area (Å²) in [6.45, 7) is 2.54. The molecule has 0 N–H and O–H groups in total. The van der Waals surface area contributed by atoms with Gasteiger partial charge in [0.1, 0.15) is 0 Å². The second-order valence-electron chi connectivity index (χ2n) is 4.42. The summed E-state index contributed by atoms with van der Waals surface area (Å²) >= 11 is 7.35. The number of aromatic nitrogens is 2. The Hall–Kier alpha value is -1.46. The maximum atomic E-state index is 11.6. The van der Waals surface area contributed by atoms with E-state index in [2.05, 4.69) is 11.9 Å². The van der Waals surface area contributed by atoms with E-state index >= 15 is 0 Å². The van der Waals surface area contributed by atoms with Gasteiger partial charge in [-0.25, -0.2) is 4.98 Å². The van der Waals surface area contributed by atoms with Crippen LogP contribution < -0.4 is 0 Å². The average molecular weight is 325 g/mol. The normalized spacial score (nSPS) is 10.6. The number of esters is 1. The Morgan fingerprint density at radius 3 is 3.10 bits per heavy atom. The first-order chi connectivity index (χ1) is 10.2. The molecule has 21 heavy (non-hydrogen) atoms. The van der Waals surface area contributed by atoms with Crippen molar-refractivity contribution < 1.29 is 9.53 Å². The lowest BCUT2D eigenvalue weighted by molar-refractivity contribution is -0.140. The van der Waals surface area contributed by atoms with Crippen molar-refractivity contribution in [1.29, 1.82) is 0 Å². The number of thioether (sulfide) groups is 1. The highest BCUT2D eigenvalue weighted by Crippen LogP contribution is 2.22. The Morgan fingerprint density at radius 1 is 1.48 bits per heavy atom. The van der Waals surface area contributed by atoms with Crippen molar-refractivity contribution in [3.05, 3.63) is 41.7 Å². The van der Waals surface area contributed by atoms with Crippen LogP contribution in [-0.4, -0.2) is 27.9 Å². The van der Waals surface area contributed by atoms with Crippen LogP contribution in [0.2, 0.25) is 5.02 Å². The van der Waals surface area contributed by atoms with Crippen LogP contribution in [0.25, 0.3) is 5.69 Å². The lowest BCUT2D eigenvalue weighted by Gasteiger charge is -2.08. The quantitative estimate of drug-likeness (QED) is 0.439. The van der Waals surface area contributed by atoms with Crippen molar-refractivity contribution in [2.75, 3.05) is 12.4 Å². The molecular weight excluding hydrogens is 308 g/mol. The lowest BCUT2D eigenvalue weighted by atomic mass is 10.3. The fraction of sp³-hybridized carbons (Fsp3) is 0.333. The zero-order chi connectivity index (χ0) is 15.1. The summed E-state index contributed by atoms with van der Waals surface area (Å²) < 4.78 is 7.03. The van der Waals surface area contributed by atoms with E-state index in [1.165, 1.54) is 11.8 Å². The van der Waals surface area contributed by atoms with Crippen LogP contribution in [-0.2, 0) is 9.53 Å². The second kappa shape index (κ2) is 8.10. The summed E-state index contributed by atoms with van der Waals surface area (Å²) in [5.74, 6) is 0.0375. The van der Waals surface area contributed by atoms with Gasteiger partial charge in [-0.05, 0) is 24.6 Å². The molecule has 1 heterocycles. The first-order valence-electron chi connectivity index (χ1n) is 6.78. The zero-order valence-corrected chi connectivity index (χ0v) is 13.4.